The summed E-state index contributed by atoms with van der Waals surface area (Å²) in [5, 5.41) is 0.784. The van der Waals surface area contributed by atoms with Crippen molar-refractivity contribution in [2.24, 2.45) is 0 Å². The molecule has 1 aromatic rings. The number of anilines is 1. The van der Waals surface area contributed by atoms with Crippen LogP contribution < -0.4 is 10.4 Å². The van der Waals surface area contributed by atoms with Crippen molar-refractivity contribution in [2.75, 3.05) is 31.1 Å². The maximum absolute atomic E-state index is 6.63. The molecule has 0 N–H and O–H groups in total. The molecule has 2 saturated heterocycles. The molecule has 0 amide bonds. The first kappa shape index (κ1) is 17.7. The van der Waals surface area contributed by atoms with E-state index >= 15 is 0 Å². The third kappa shape index (κ3) is 3.32. The number of hydrogen-bond acceptors (Lipinski definition) is 4. The van der Waals surface area contributed by atoms with Crippen molar-refractivity contribution < 1.29 is 9.31 Å². The Hall–Kier alpha value is -0.745. The minimum atomic E-state index is -0.358. The van der Waals surface area contributed by atoms with E-state index < -0.39 is 0 Å². The van der Waals surface area contributed by atoms with Crippen LogP contribution in [0.25, 0.3) is 0 Å². The second kappa shape index (κ2) is 6.16. The first-order valence-corrected chi connectivity index (χ1v) is 9.79. The average Bonchev–Trinajstić information content (AvgIpc) is 3.35. The van der Waals surface area contributed by atoms with E-state index in [4.69, 9.17) is 20.9 Å². The lowest BCUT2D eigenvalue weighted by Crippen LogP contribution is -2.47. The van der Waals surface area contributed by atoms with Crippen molar-refractivity contribution in [1.29, 1.82) is 0 Å². The predicted octanol–water partition coefficient (Wildman–Crippen LogP) is 2.92. The van der Waals surface area contributed by atoms with Gasteiger partial charge in [-0.15, -0.1) is 0 Å². The Morgan fingerprint density at radius 1 is 1.00 bits per heavy atom. The van der Waals surface area contributed by atoms with Crippen LogP contribution in [0.5, 0.6) is 0 Å². The summed E-state index contributed by atoms with van der Waals surface area (Å²) in [6, 6.07) is 7.07. The van der Waals surface area contributed by atoms with E-state index in [9.17, 15) is 0 Å². The van der Waals surface area contributed by atoms with Crippen LogP contribution in [0.3, 0.4) is 0 Å². The highest BCUT2D eigenvalue weighted by Gasteiger charge is 2.51. The molecule has 4 nitrogen and oxygen atoms in total. The van der Waals surface area contributed by atoms with E-state index in [1.165, 1.54) is 12.8 Å². The van der Waals surface area contributed by atoms with E-state index in [0.29, 0.717) is 0 Å². The maximum atomic E-state index is 6.63. The van der Waals surface area contributed by atoms with Crippen molar-refractivity contribution in [3.8, 4) is 0 Å². The van der Waals surface area contributed by atoms with Gasteiger partial charge in [-0.3, -0.25) is 4.90 Å². The summed E-state index contributed by atoms with van der Waals surface area (Å²) in [6.07, 6.45) is 2.76. The number of nitrogens with zero attached hydrogens (tertiary/aromatic N) is 2. The third-order valence-corrected chi connectivity index (χ3v) is 6.52. The van der Waals surface area contributed by atoms with Gasteiger partial charge in [-0.1, -0.05) is 17.7 Å². The second-order valence-corrected chi connectivity index (χ2v) is 8.96. The number of rotatable bonds is 3. The van der Waals surface area contributed by atoms with Gasteiger partial charge in [0.1, 0.15) is 0 Å². The molecule has 0 radical (unpaired) electrons. The van der Waals surface area contributed by atoms with Gasteiger partial charge in [0.25, 0.3) is 0 Å². The number of halogens is 1. The Bertz CT molecular complexity index is 639. The molecule has 2 aliphatic heterocycles. The smallest absolute Gasteiger partial charge is 0.399 e. The van der Waals surface area contributed by atoms with Crippen LogP contribution in [0.1, 0.15) is 40.5 Å². The molecule has 1 aromatic carbocycles. The molecular formula is C19H28BClN2O2. The van der Waals surface area contributed by atoms with Crippen molar-refractivity contribution in [1.82, 2.24) is 4.90 Å². The molecule has 6 heteroatoms. The van der Waals surface area contributed by atoms with Crippen LogP contribution in [0.15, 0.2) is 18.2 Å². The summed E-state index contributed by atoms with van der Waals surface area (Å²) in [5.41, 5.74) is 1.45. The number of piperazine rings is 1. The van der Waals surface area contributed by atoms with Crippen molar-refractivity contribution in [3.05, 3.63) is 23.2 Å². The van der Waals surface area contributed by atoms with Gasteiger partial charge in [0, 0.05) is 32.2 Å². The highest BCUT2D eigenvalue weighted by Crippen LogP contribution is 2.37. The Morgan fingerprint density at radius 3 is 2.12 bits per heavy atom. The Kier molecular flexibility index (Phi) is 4.35. The molecule has 136 valence electrons. The zero-order chi connectivity index (χ0) is 17.8. The molecule has 1 aliphatic carbocycles. The minimum Gasteiger partial charge on any atom is -0.399 e. The molecule has 25 heavy (non-hydrogen) atoms. The summed E-state index contributed by atoms with van der Waals surface area (Å²) in [7, 11) is -0.358. The fourth-order valence-corrected chi connectivity index (χ4v) is 3.98. The van der Waals surface area contributed by atoms with E-state index in [2.05, 4.69) is 49.6 Å². The van der Waals surface area contributed by atoms with E-state index in [1.54, 1.807) is 0 Å². The molecule has 3 aliphatic rings. The lowest BCUT2D eigenvalue weighted by Gasteiger charge is -2.36. The predicted molar refractivity (Wildman–Crippen MR) is 104 cm³/mol. The second-order valence-electron chi connectivity index (χ2n) is 8.55. The average molecular weight is 363 g/mol. The molecule has 3 fully saturated rings. The maximum Gasteiger partial charge on any atom is 0.494 e. The monoisotopic (exact) mass is 362 g/mol. The third-order valence-electron chi connectivity index (χ3n) is 6.22. The molecule has 0 aromatic heterocycles. The lowest BCUT2D eigenvalue weighted by molar-refractivity contribution is 0.00578. The molecule has 4 rings (SSSR count). The Labute approximate surface area is 156 Å². The van der Waals surface area contributed by atoms with Crippen LogP contribution in [-0.4, -0.2) is 55.4 Å². The summed E-state index contributed by atoms with van der Waals surface area (Å²) >= 11 is 6.63. The van der Waals surface area contributed by atoms with Gasteiger partial charge >= 0.3 is 7.12 Å². The van der Waals surface area contributed by atoms with Gasteiger partial charge in [-0.05, 0) is 58.1 Å². The fourth-order valence-electron chi connectivity index (χ4n) is 3.67. The van der Waals surface area contributed by atoms with Crippen molar-refractivity contribution >= 4 is 29.9 Å². The van der Waals surface area contributed by atoms with Gasteiger partial charge in [-0.2, -0.15) is 0 Å². The number of hydrogen-bond donors (Lipinski definition) is 0. The first-order chi connectivity index (χ1) is 11.8. The van der Waals surface area contributed by atoms with E-state index in [0.717, 1.165) is 48.4 Å². The van der Waals surface area contributed by atoms with Crippen LogP contribution >= 0.6 is 11.6 Å². The summed E-state index contributed by atoms with van der Waals surface area (Å²) in [6.45, 7) is 12.7. The highest BCUT2D eigenvalue weighted by molar-refractivity contribution is 6.62. The standard InChI is InChI=1S/C19H28BClN2O2/c1-18(2)19(3,4)25-20(24-18)14-5-8-17(16(21)13-14)23-11-9-22(10-12-23)15-6-7-15/h5,8,13,15H,6-7,9-12H2,1-4H3. The van der Waals surface area contributed by atoms with Gasteiger partial charge < -0.3 is 14.2 Å². The van der Waals surface area contributed by atoms with Crippen LogP contribution in [0.2, 0.25) is 5.02 Å². The largest absolute Gasteiger partial charge is 0.494 e. The molecule has 0 bridgehead atoms. The van der Waals surface area contributed by atoms with Crippen molar-refractivity contribution in [2.45, 2.75) is 57.8 Å². The molecule has 0 unspecified atom stereocenters. The molecule has 1 saturated carbocycles. The van der Waals surface area contributed by atoms with Gasteiger partial charge in [0.05, 0.1) is 21.9 Å². The Morgan fingerprint density at radius 2 is 1.60 bits per heavy atom. The molecular weight excluding hydrogens is 334 g/mol. The van der Waals surface area contributed by atoms with Gasteiger partial charge in [0.15, 0.2) is 0 Å². The van der Waals surface area contributed by atoms with Crippen LogP contribution in [0, 0.1) is 0 Å². The number of benzene rings is 1. The van der Waals surface area contributed by atoms with Gasteiger partial charge in [0.2, 0.25) is 0 Å². The zero-order valence-electron chi connectivity index (χ0n) is 15.7. The SMILES string of the molecule is CC1(C)OB(c2ccc(N3CCN(C4CC4)CC3)c(Cl)c2)OC1(C)C. The first-order valence-electron chi connectivity index (χ1n) is 9.41. The molecule has 0 spiro atoms. The minimum absolute atomic E-state index is 0.331. The summed E-state index contributed by atoms with van der Waals surface area (Å²) in [5.74, 6) is 0. The summed E-state index contributed by atoms with van der Waals surface area (Å²) < 4.78 is 12.3. The Balaban J connectivity index is 1.46. The highest BCUT2D eigenvalue weighted by atomic mass is 35.5. The fraction of sp³-hybridized carbons (Fsp3) is 0.684. The quantitative estimate of drug-likeness (QED) is 0.772. The lowest BCUT2D eigenvalue weighted by atomic mass is 9.79. The van der Waals surface area contributed by atoms with Gasteiger partial charge in [-0.25, -0.2) is 0 Å². The van der Waals surface area contributed by atoms with E-state index in [1.807, 2.05) is 6.07 Å². The normalized spacial score (nSPS) is 26.3. The van der Waals surface area contributed by atoms with Crippen LogP contribution in [-0.2, 0) is 9.31 Å². The van der Waals surface area contributed by atoms with Crippen LogP contribution in [0.4, 0.5) is 5.69 Å². The topological polar surface area (TPSA) is 24.9 Å². The summed E-state index contributed by atoms with van der Waals surface area (Å²) in [4.78, 5) is 5.01. The molecule has 2 heterocycles. The van der Waals surface area contributed by atoms with E-state index in [-0.39, 0.29) is 18.3 Å². The zero-order valence-corrected chi connectivity index (χ0v) is 16.5. The molecule has 0 atom stereocenters. The van der Waals surface area contributed by atoms with Crippen molar-refractivity contribution in [3.63, 3.8) is 0 Å².